The Kier molecular flexibility index (Phi) is 15.1. The zero-order valence-electron chi connectivity index (χ0n) is 23.1. The number of rotatable bonds is 19. The lowest BCUT2D eigenvalue weighted by molar-refractivity contribution is -0.763. The smallest absolute Gasteiger partial charge is 0.294 e. The Bertz CT molecular complexity index is 959. The highest BCUT2D eigenvalue weighted by Crippen LogP contribution is 2.35. The first-order valence-electron chi connectivity index (χ1n) is 14.1. The molecule has 3 atom stereocenters. The minimum Gasteiger partial charge on any atom is -0.392 e. The van der Waals surface area contributed by atoms with Crippen LogP contribution >= 0.6 is 0 Å². The lowest BCUT2D eigenvalue weighted by Crippen LogP contribution is -2.22. The number of hydrogen-bond acceptors (Lipinski definition) is 7. The van der Waals surface area contributed by atoms with Crippen LogP contribution in [0.2, 0.25) is 0 Å². The van der Waals surface area contributed by atoms with E-state index in [4.69, 9.17) is 0 Å². The summed E-state index contributed by atoms with van der Waals surface area (Å²) < 4.78 is 0. The summed E-state index contributed by atoms with van der Waals surface area (Å²) in [4.78, 5) is 39.0. The van der Waals surface area contributed by atoms with Crippen molar-refractivity contribution in [2.45, 2.75) is 109 Å². The minimum absolute atomic E-state index is 0.0567. The number of aliphatic hydroxyl groups excluding tert-OH is 2. The Balaban J connectivity index is 1.66. The number of allylic oxidation sites excluding steroid dienone is 3. The second kappa shape index (κ2) is 18.3. The number of nitrogens with one attached hydrogen (secondary N) is 1. The summed E-state index contributed by atoms with van der Waals surface area (Å²) in [7, 11) is 0. The monoisotopic (exact) mass is 544 g/mol. The number of benzene rings is 1. The SMILES string of the molecule is CCCCCCCC(=O)CC=C1[C@H](O)C[C@H](O)[C@@H]1CC=CCCCC(=O)NCc1ccc(CO[N+](=O)[O-])cc1. The van der Waals surface area contributed by atoms with Crippen molar-refractivity contribution in [3.05, 3.63) is 69.3 Å². The lowest BCUT2D eigenvalue weighted by Gasteiger charge is -2.14. The summed E-state index contributed by atoms with van der Waals surface area (Å²) in [5.74, 6) is -0.0624. The van der Waals surface area contributed by atoms with Crippen LogP contribution in [0, 0.1) is 16.0 Å². The molecule has 0 bridgehead atoms. The summed E-state index contributed by atoms with van der Waals surface area (Å²) in [6.07, 6.45) is 13.6. The molecule has 9 nitrogen and oxygen atoms in total. The van der Waals surface area contributed by atoms with Crippen LogP contribution in [-0.4, -0.2) is 39.2 Å². The summed E-state index contributed by atoms with van der Waals surface area (Å²) in [6.45, 7) is 2.44. The number of ketones is 1. The number of aliphatic hydroxyl groups is 2. The fraction of sp³-hybridized carbons (Fsp3) is 0.600. The van der Waals surface area contributed by atoms with E-state index in [1.165, 1.54) is 12.8 Å². The van der Waals surface area contributed by atoms with Crippen LogP contribution in [0.15, 0.2) is 48.1 Å². The first-order valence-corrected chi connectivity index (χ1v) is 14.1. The Hall–Kier alpha value is -3.04. The lowest BCUT2D eigenvalue weighted by atomic mass is 9.94. The Morgan fingerprint density at radius 3 is 2.49 bits per heavy atom. The van der Waals surface area contributed by atoms with Crippen LogP contribution in [0.5, 0.6) is 0 Å². The molecule has 39 heavy (non-hydrogen) atoms. The van der Waals surface area contributed by atoms with Gasteiger partial charge in [-0.2, -0.15) is 0 Å². The molecule has 216 valence electrons. The molecule has 1 fully saturated rings. The third kappa shape index (κ3) is 13.0. The van der Waals surface area contributed by atoms with Gasteiger partial charge in [-0.05, 0) is 42.4 Å². The first-order chi connectivity index (χ1) is 18.8. The molecule has 0 radical (unpaired) electrons. The second-order valence-corrected chi connectivity index (χ2v) is 10.2. The van der Waals surface area contributed by atoms with E-state index in [1.54, 1.807) is 24.3 Å². The van der Waals surface area contributed by atoms with Gasteiger partial charge in [-0.15, -0.1) is 10.1 Å². The molecule has 1 amide bonds. The molecule has 0 aromatic heterocycles. The first kappa shape index (κ1) is 32.2. The van der Waals surface area contributed by atoms with Crippen molar-refractivity contribution in [3.8, 4) is 0 Å². The van der Waals surface area contributed by atoms with E-state index in [0.29, 0.717) is 50.6 Å². The van der Waals surface area contributed by atoms with Crippen molar-refractivity contribution in [2.75, 3.05) is 0 Å². The molecule has 0 unspecified atom stereocenters. The van der Waals surface area contributed by atoms with Crippen molar-refractivity contribution >= 4 is 11.7 Å². The summed E-state index contributed by atoms with van der Waals surface area (Å²) in [5, 5.41) is 33.1. The topological polar surface area (TPSA) is 139 Å². The van der Waals surface area contributed by atoms with Gasteiger partial charge in [0.2, 0.25) is 5.91 Å². The Labute approximate surface area is 231 Å². The molecular formula is C30H44N2O7. The van der Waals surface area contributed by atoms with Crippen LogP contribution < -0.4 is 5.32 Å². The normalized spacial score (nSPS) is 20.0. The van der Waals surface area contributed by atoms with Crippen molar-refractivity contribution in [1.29, 1.82) is 0 Å². The third-order valence-electron chi connectivity index (χ3n) is 7.05. The fourth-order valence-electron chi connectivity index (χ4n) is 4.75. The van der Waals surface area contributed by atoms with Crippen LogP contribution in [0.4, 0.5) is 0 Å². The highest BCUT2D eigenvalue weighted by atomic mass is 16.9. The highest BCUT2D eigenvalue weighted by Gasteiger charge is 2.35. The molecule has 2 rings (SSSR count). The van der Waals surface area contributed by atoms with Crippen molar-refractivity contribution in [1.82, 2.24) is 5.32 Å². The molecule has 0 spiro atoms. The largest absolute Gasteiger partial charge is 0.392 e. The Morgan fingerprint density at radius 1 is 1.05 bits per heavy atom. The maximum Gasteiger partial charge on any atom is 0.294 e. The maximum atomic E-state index is 12.2. The van der Waals surface area contributed by atoms with E-state index in [0.717, 1.165) is 36.8 Å². The fourth-order valence-corrected chi connectivity index (χ4v) is 4.75. The van der Waals surface area contributed by atoms with E-state index < -0.39 is 17.3 Å². The molecule has 1 aliphatic rings. The van der Waals surface area contributed by atoms with Gasteiger partial charge in [-0.25, -0.2) is 0 Å². The molecule has 1 aromatic rings. The molecular weight excluding hydrogens is 500 g/mol. The summed E-state index contributed by atoms with van der Waals surface area (Å²) >= 11 is 0. The molecule has 9 heteroatoms. The zero-order chi connectivity index (χ0) is 28.5. The van der Waals surface area contributed by atoms with Gasteiger partial charge in [-0.1, -0.05) is 75.1 Å². The van der Waals surface area contributed by atoms with Gasteiger partial charge in [0.25, 0.3) is 5.09 Å². The third-order valence-corrected chi connectivity index (χ3v) is 7.05. The zero-order valence-corrected chi connectivity index (χ0v) is 23.1. The number of amides is 1. The summed E-state index contributed by atoms with van der Waals surface area (Å²) in [5.41, 5.74) is 2.34. The van der Waals surface area contributed by atoms with E-state index in [2.05, 4.69) is 17.1 Å². The average Bonchev–Trinajstić information content (AvgIpc) is 3.18. The Morgan fingerprint density at radius 2 is 1.77 bits per heavy atom. The molecule has 1 aliphatic carbocycles. The van der Waals surface area contributed by atoms with Gasteiger partial charge >= 0.3 is 0 Å². The van der Waals surface area contributed by atoms with Gasteiger partial charge in [0.1, 0.15) is 12.4 Å². The predicted molar refractivity (Wildman–Crippen MR) is 149 cm³/mol. The predicted octanol–water partition coefficient (Wildman–Crippen LogP) is 5.12. The number of carbonyl (C=O) groups excluding carboxylic acids is 2. The number of hydrogen-bond donors (Lipinski definition) is 3. The van der Waals surface area contributed by atoms with Gasteiger partial charge < -0.3 is 20.4 Å². The van der Waals surface area contributed by atoms with Gasteiger partial charge in [0.05, 0.1) is 12.2 Å². The number of Topliss-reactive ketones (excluding diaryl/α,β-unsaturated/α-hetero) is 1. The van der Waals surface area contributed by atoms with Crippen LogP contribution in [-0.2, 0) is 27.6 Å². The van der Waals surface area contributed by atoms with E-state index in [-0.39, 0.29) is 24.2 Å². The summed E-state index contributed by atoms with van der Waals surface area (Å²) in [6, 6.07) is 7.04. The second-order valence-electron chi connectivity index (χ2n) is 10.2. The minimum atomic E-state index is -0.831. The van der Waals surface area contributed by atoms with Crippen LogP contribution in [0.25, 0.3) is 0 Å². The van der Waals surface area contributed by atoms with Crippen molar-refractivity contribution < 1.29 is 29.7 Å². The number of nitrogens with zero attached hydrogens (tertiary/aromatic N) is 1. The molecule has 0 heterocycles. The number of unbranched alkanes of at least 4 members (excludes halogenated alkanes) is 5. The molecule has 1 aromatic carbocycles. The van der Waals surface area contributed by atoms with E-state index in [1.807, 2.05) is 18.2 Å². The number of carbonyl (C=O) groups is 2. The van der Waals surface area contributed by atoms with Gasteiger partial charge in [0, 0.05) is 38.1 Å². The quantitative estimate of drug-likeness (QED) is 0.0951. The average molecular weight is 545 g/mol. The van der Waals surface area contributed by atoms with Gasteiger partial charge in [-0.3, -0.25) is 9.59 Å². The van der Waals surface area contributed by atoms with Crippen molar-refractivity contribution in [3.63, 3.8) is 0 Å². The van der Waals surface area contributed by atoms with Crippen LogP contribution in [0.3, 0.4) is 0 Å². The molecule has 0 aliphatic heterocycles. The molecule has 0 saturated heterocycles. The van der Waals surface area contributed by atoms with Crippen molar-refractivity contribution in [2.24, 2.45) is 5.92 Å². The molecule has 3 N–H and O–H groups in total. The van der Waals surface area contributed by atoms with Gasteiger partial charge in [0.15, 0.2) is 0 Å². The molecule has 1 saturated carbocycles. The van der Waals surface area contributed by atoms with Crippen LogP contribution in [0.1, 0.15) is 95.1 Å². The van der Waals surface area contributed by atoms with E-state index in [9.17, 15) is 29.9 Å². The van der Waals surface area contributed by atoms with E-state index >= 15 is 0 Å². The standard InChI is InChI=1S/C30H44N2O7/c1-2-3-4-5-8-11-25(33)18-19-27-26(28(34)20-29(27)35)12-9-6-7-10-13-30(36)31-21-23-14-16-24(17-15-23)22-39-32(37)38/h6,9,14-17,19,26,28-29,34-35H,2-5,7-8,10-13,18,20-22H2,1H3,(H,31,36)/t26-,28+,29-/m1/s1. The maximum absolute atomic E-state index is 12.2. The highest BCUT2D eigenvalue weighted by molar-refractivity contribution is 5.80.